The van der Waals surface area contributed by atoms with Gasteiger partial charge in [0.2, 0.25) is 0 Å². The third-order valence-electron chi connectivity index (χ3n) is 5.22. The number of rotatable bonds is 1. The van der Waals surface area contributed by atoms with Crippen LogP contribution in [0.5, 0.6) is 0 Å². The van der Waals surface area contributed by atoms with Crippen LogP contribution in [0.15, 0.2) is 36.7 Å². The average molecular weight is 295 g/mol. The maximum Gasteiger partial charge on any atom is 0.254 e. The van der Waals surface area contributed by atoms with Crippen LogP contribution in [0, 0.1) is 11.8 Å². The lowest BCUT2D eigenvalue weighted by molar-refractivity contribution is 0.0760. The van der Waals surface area contributed by atoms with Gasteiger partial charge in [-0.1, -0.05) is 12.1 Å². The number of hydrogen-bond donors (Lipinski definition) is 1. The van der Waals surface area contributed by atoms with E-state index in [0.717, 1.165) is 67.2 Å². The Morgan fingerprint density at radius 3 is 2.68 bits per heavy atom. The van der Waals surface area contributed by atoms with Crippen molar-refractivity contribution in [2.24, 2.45) is 11.8 Å². The molecule has 4 rings (SSSR count). The molecule has 2 aromatic rings. The number of fused-ring (bicyclic) bond motifs is 2. The van der Waals surface area contributed by atoms with Gasteiger partial charge >= 0.3 is 0 Å². The fraction of sp³-hybridized carbons (Fsp3) is 0.444. The number of likely N-dealkylation sites (tertiary alicyclic amines) is 1. The predicted molar refractivity (Wildman–Crippen MR) is 86.7 cm³/mol. The highest BCUT2D eigenvalue weighted by atomic mass is 16.2. The van der Waals surface area contributed by atoms with Gasteiger partial charge in [-0.05, 0) is 55.3 Å². The molecule has 1 aromatic heterocycles. The first kappa shape index (κ1) is 13.7. The molecule has 22 heavy (non-hydrogen) atoms. The van der Waals surface area contributed by atoms with E-state index >= 15 is 0 Å². The second-order valence-electron chi connectivity index (χ2n) is 6.45. The summed E-state index contributed by atoms with van der Waals surface area (Å²) < 4.78 is 0. The van der Waals surface area contributed by atoms with Crippen molar-refractivity contribution in [2.75, 3.05) is 26.2 Å². The summed E-state index contributed by atoms with van der Waals surface area (Å²) in [5, 5.41) is 5.52. The Balaban J connectivity index is 1.60. The SMILES string of the molecule is O=C(c1cccc2cnccc12)N1CC[C@@H]2CNC[C@@H]2CC1. The number of carbonyl (C=O) groups excluding carboxylic acids is 1. The minimum Gasteiger partial charge on any atom is -0.339 e. The zero-order valence-corrected chi connectivity index (χ0v) is 12.7. The molecule has 2 aliphatic heterocycles. The van der Waals surface area contributed by atoms with E-state index in [1.165, 1.54) is 0 Å². The molecule has 0 radical (unpaired) electrons. The summed E-state index contributed by atoms with van der Waals surface area (Å²) in [5.74, 6) is 1.66. The van der Waals surface area contributed by atoms with Crippen molar-refractivity contribution in [3.63, 3.8) is 0 Å². The van der Waals surface area contributed by atoms with Crippen LogP contribution in [0.3, 0.4) is 0 Å². The molecule has 1 amide bonds. The molecule has 4 nitrogen and oxygen atoms in total. The Morgan fingerprint density at radius 2 is 1.91 bits per heavy atom. The maximum atomic E-state index is 13.0. The number of hydrogen-bond acceptors (Lipinski definition) is 3. The minimum atomic E-state index is 0.171. The Labute approximate surface area is 130 Å². The number of nitrogens with one attached hydrogen (secondary N) is 1. The summed E-state index contributed by atoms with van der Waals surface area (Å²) in [4.78, 5) is 19.2. The lowest BCUT2D eigenvalue weighted by Crippen LogP contribution is -2.32. The Morgan fingerprint density at radius 1 is 1.14 bits per heavy atom. The standard InChI is InChI=1S/C18H21N3O/c22-18(17-3-1-2-15-12-19-7-4-16(15)17)21-8-5-13-10-20-11-14(13)6-9-21/h1-4,7,12-14,20H,5-6,8-11H2/t13-,14+. The first-order chi connectivity index (χ1) is 10.8. The molecule has 2 atom stereocenters. The van der Waals surface area contributed by atoms with Gasteiger partial charge < -0.3 is 10.2 Å². The van der Waals surface area contributed by atoms with Crippen molar-refractivity contribution in [1.82, 2.24) is 15.2 Å². The van der Waals surface area contributed by atoms with Gasteiger partial charge in [-0.25, -0.2) is 0 Å². The zero-order chi connectivity index (χ0) is 14.9. The minimum absolute atomic E-state index is 0.171. The summed E-state index contributed by atoms with van der Waals surface area (Å²) in [6, 6.07) is 7.85. The molecular weight excluding hydrogens is 274 g/mol. The highest BCUT2D eigenvalue weighted by molar-refractivity contribution is 6.06. The van der Waals surface area contributed by atoms with Crippen molar-refractivity contribution in [2.45, 2.75) is 12.8 Å². The molecule has 0 spiro atoms. The van der Waals surface area contributed by atoms with E-state index in [2.05, 4.69) is 10.3 Å². The number of benzene rings is 1. The summed E-state index contributed by atoms with van der Waals surface area (Å²) in [7, 11) is 0. The summed E-state index contributed by atoms with van der Waals surface area (Å²) in [6.07, 6.45) is 5.83. The van der Waals surface area contributed by atoms with Crippen LogP contribution < -0.4 is 5.32 Å². The molecular formula is C18H21N3O. The molecule has 4 heteroatoms. The summed E-state index contributed by atoms with van der Waals surface area (Å²) in [6.45, 7) is 3.99. The van der Waals surface area contributed by atoms with Gasteiger partial charge in [-0.15, -0.1) is 0 Å². The Bertz CT molecular complexity index is 680. The van der Waals surface area contributed by atoms with Gasteiger partial charge in [0, 0.05) is 36.4 Å². The molecule has 0 aliphatic carbocycles. The second-order valence-corrected chi connectivity index (χ2v) is 6.45. The number of amides is 1. The van der Waals surface area contributed by atoms with Gasteiger partial charge in [0.25, 0.3) is 5.91 Å². The molecule has 1 N–H and O–H groups in total. The van der Waals surface area contributed by atoms with Gasteiger partial charge in [-0.3, -0.25) is 9.78 Å². The highest BCUT2D eigenvalue weighted by Crippen LogP contribution is 2.28. The smallest absolute Gasteiger partial charge is 0.254 e. The molecule has 1 aromatic carbocycles. The van der Waals surface area contributed by atoms with Crippen molar-refractivity contribution >= 4 is 16.7 Å². The van der Waals surface area contributed by atoms with Crippen molar-refractivity contribution < 1.29 is 4.79 Å². The summed E-state index contributed by atoms with van der Waals surface area (Å²) >= 11 is 0. The van der Waals surface area contributed by atoms with Crippen molar-refractivity contribution in [3.05, 3.63) is 42.2 Å². The van der Waals surface area contributed by atoms with E-state index < -0.39 is 0 Å². The van der Waals surface area contributed by atoms with Crippen molar-refractivity contribution in [1.29, 1.82) is 0 Å². The van der Waals surface area contributed by atoms with Crippen LogP contribution in [-0.4, -0.2) is 42.0 Å². The normalized spacial score (nSPS) is 25.0. The Hall–Kier alpha value is -1.94. The molecule has 2 aliphatic rings. The fourth-order valence-corrected chi connectivity index (χ4v) is 3.90. The number of carbonyl (C=O) groups is 1. The lowest BCUT2D eigenvalue weighted by atomic mass is 9.92. The largest absolute Gasteiger partial charge is 0.339 e. The second kappa shape index (κ2) is 5.69. The fourth-order valence-electron chi connectivity index (χ4n) is 3.90. The first-order valence-corrected chi connectivity index (χ1v) is 8.15. The third kappa shape index (κ3) is 2.37. The van der Waals surface area contributed by atoms with Crippen LogP contribution in [-0.2, 0) is 0 Å². The van der Waals surface area contributed by atoms with E-state index in [9.17, 15) is 4.79 Å². The summed E-state index contributed by atoms with van der Waals surface area (Å²) in [5.41, 5.74) is 0.810. The molecule has 2 saturated heterocycles. The van der Waals surface area contributed by atoms with E-state index in [4.69, 9.17) is 0 Å². The van der Waals surface area contributed by atoms with Gasteiger partial charge in [-0.2, -0.15) is 0 Å². The molecule has 2 fully saturated rings. The lowest BCUT2D eigenvalue weighted by Gasteiger charge is -2.21. The topological polar surface area (TPSA) is 45.2 Å². The van der Waals surface area contributed by atoms with Crippen LogP contribution in [0.1, 0.15) is 23.2 Å². The van der Waals surface area contributed by atoms with E-state index in [1.54, 1.807) is 6.20 Å². The monoisotopic (exact) mass is 295 g/mol. The molecule has 0 saturated carbocycles. The van der Waals surface area contributed by atoms with Crippen LogP contribution in [0.2, 0.25) is 0 Å². The average Bonchev–Trinajstić information content (AvgIpc) is 2.92. The third-order valence-corrected chi connectivity index (χ3v) is 5.22. The number of pyridine rings is 1. The number of nitrogens with zero attached hydrogens (tertiary/aromatic N) is 2. The van der Waals surface area contributed by atoms with Crippen LogP contribution in [0.25, 0.3) is 10.8 Å². The first-order valence-electron chi connectivity index (χ1n) is 8.15. The van der Waals surface area contributed by atoms with E-state index in [0.29, 0.717) is 0 Å². The van der Waals surface area contributed by atoms with Gasteiger partial charge in [0.1, 0.15) is 0 Å². The quantitative estimate of drug-likeness (QED) is 0.878. The van der Waals surface area contributed by atoms with Crippen LogP contribution >= 0.6 is 0 Å². The Kier molecular flexibility index (Phi) is 3.54. The van der Waals surface area contributed by atoms with E-state index in [-0.39, 0.29) is 5.91 Å². The molecule has 0 bridgehead atoms. The molecule has 114 valence electrons. The van der Waals surface area contributed by atoms with Crippen molar-refractivity contribution in [3.8, 4) is 0 Å². The number of aromatic nitrogens is 1. The van der Waals surface area contributed by atoms with Gasteiger partial charge in [0.05, 0.1) is 0 Å². The van der Waals surface area contributed by atoms with Gasteiger partial charge in [0.15, 0.2) is 0 Å². The zero-order valence-electron chi connectivity index (χ0n) is 12.7. The predicted octanol–water partition coefficient (Wildman–Crippen LogP) is 2.31. The van der Waals surface area contributed by atoms with E-state index in [1.807, 2.05) is 35.4 Å². The van der Waals surface area contributed by atoms with Crippen LogP contribution in [0.4, 0.5) is 0 Å². The molecule has 0 unspecified atom stereocenters. The molecule has 3 heterocycles. The maximum absolute atomic E-state index is 13.0. The highest BCUT2D eigenvalue weighted by Gasteiger charge is 2.31.